The van der Waals surface area contributed by atoms with Crippen LogP contribution >= 0.6 is 46.4 Å². The summed E-state index contributed by atoms with van der Waals surface area (Å²) in [6, 6.07) is 30.1. The van der Waals surface area contributed by atoms with Crippen molar-refractivity contribution in [1.29, 1.82) is 0 Å². The van der Waals surface area contributed by atoms with Gasteiger partial charge in [-0.2, -0.15) is 0 Å². The standard InChI is InChI=1S/2C23H25Cl2NO3/c2*24-18-10-8-16(9-11-18)21-22(17-3-1-4-19(25)13-17)29-20(5-2-12-27)23(28)26(21)14-15-6-7-15/h2*1,3-4,8-11,13,15,20-22,27H,2,5-7,12,14H2/t20-,21?,22-;20-,21+,22-/m10/s1. The van der Waals surface area contributed by atoms with Crippen molar-refractivity contribution in [3.8, 4) is 0 Å². The number of benzene rings is 4. The molecule has 0 spiro atoms. The van der Waals surface area contributed by atoms with Gasteiger partial charge in [0.25, 0.3) is 11.8 Å². The molecule has 4 aromatic rings. The third-order valence-corrected chi connectivity index (χ3v) is 12.3. The largest absolute Gasteiger partial charge is 0.396 e. The number of aliphatic hydroxyl groups is 2. The first-order valence-electron chi connectivity index (χ1n) is 20.3. The molecule has 8 rings (SSSR count). The Morgan fingerprint density at radius 3 is 1.22 bits per heavy atom. The first-order chi connectivity index (χ1) is 28.1. The van der Waals surface area contributed by atoms with Gasteiger partial charge in [0, 0.05) is 46.4 Å². The second-order valence-electron chi connectivity index (χ2n) is 15.8. The number of carbonyl (C=O) groups excluding carboxylic acids is 2. The molecule has 4 aromatic carbocycles. The van der Waals surface area contributed by atoms with Crippen LogP contribution in [0.25, 0.3) is 0 Å². The van der Waals surface area contributed by atoms with Crippen LogP contribution in [0.4, 0.5) is 0 Å². The highest BCUT2D eigenvalue weighted by molar-refractivity contribution is 6.31. The second kappa shape index (κ2) is 19.9. The Bertz CT molecular complexity index is 1850. The fourth-order valence-corrected chi connectivity index (χ4v) is 8.66. The van der Waals surface area contributed by atoms with Crippen LogP contribution in [-0.2, 0) is 19.1 Å². The van der Waals surface area contributed by atoms with Crippen molar-refractivity contribution < 1.29 is 29.3 Å². The van der Waals surface area contributed by atoms with Crippen molar-refractivity contribution in [3.05, 3.63) is 139 Å². The number of hydrogen-bond acceptors (Lipinski definition) is 6. The van der Waals surface area contributed by atoms with Crippen molar-refractivity contribution in [2.75, 3.05) is 26.3 Å². The van der Waals surface area contributed by atoms with E-state index < -0.39 is 12.2 Å². The summed E-state index contributed by atoms with van der Waals surface area (Å²) < 4.78 is 12.8. The van der Waals surface area contributed by atoms with Gasteiger partial charge < -0.3 is 29.5 Å². The van der Waals surface area contributed by atoms with Gasteiger partial charge in [-0.05, 0) is 134 Å². The Balaban J connectivity index is 0.000000177. The maximum Gasteiger partial charge on any atom is 0.252 e. The van der Waals surface area contributed by atoms with Crippen LogP contribution in [-0.4, -0.2) is 70.3 Å². The molecule has 2 aliphatic heterocycles. The van der Waals surface area contributed by atoms with Gasteiger partial charge in [-0.1, -0.05) is 94.9 Å². The molecule has 0 bridgehead atoms. The number of aliphatic hydroxyl groups excluding tert-OH is 2. The summed E-state index contributed by atoms with van der Waals surface area (Å²) in [5.41, 5.74) is 3.88. The third kappa shape index (κ3) is 10.8. The molecule has 0 aromatic heterocycles. The number of hydrogen-bond donors (Lipinski definition) is 2. The Hall–Kier alpha value is -3.18. The SMILES string of the molecule is O=C1[C@@H](CCCO)O[C@H](c2cccc(Cl)c2)C(c2ccc(Cl)cc2)N1CC1CC1.O=C1[C@H](CCCO)O[C@@H](c2cccc(Cl)c2)[C@@H](c2ccc(Cl)cc2)N1CC1CC1. The monoisotopic (exact) mass is 866 g/mol. The van der Waals surface area contributed by atoms with Crippen LogP contribution in [0.3, 0.4) is 0 Å². The molecule has 2 aliphatic carbocycles. The Morgan fingerprint density at radius 2 is 0.897 bits per heavy atom. The van der Waals surface area contributed by atoms with Gasteiger partial charge in [0.15, 0.2) is 0 Å². The van der Waals surface area contributed by atoms with Crippen molar-refractivity contribution in [2.45, 2.75) is 87.9 Å². The molecule has 8 nitrogen and oxygen atoms in total. The molecule has 58 heavy (non-hydrogen) atoms. The summed E-state index contributed by atoms with van der Waals surface area (Å²) in [6.07, 6.45) is 4.88. The molecule has 0 radical (unpaired) electrons. The van der Waals surface area contributed by atoms with E-state index in [0.29, 0.717) is 57.6 Å². The zero-order chi connectivity index (χ0) is 40.8. The van der Waals surface area contributed by atoms with Gasteiger partial charge >= 0.3 is 0 Å². The van der Waals surface area contributed by atoms with E-state index in [1.165, 1.54) is 0 Å². The van der Waals surface area contributed by atoms with Crippen LogP contribution in [0.5, 0.6) is 0 Å². The normalized spacial score (nSPS) is 24.7. The first-order valence-corrected chi connectivity index (χ1v) is 21.8. The lowest BCUT2D eigenvalue weighted by Gasteiger charge is -2.45. The summed E-state index contributed by atoms with van der Waals surface area (Å²) in [4.78, 5) is 30.7. The predicted molar refractivity (Wildman–Crippen MR) is 228 cm³/mol. The third-order valence-electron chi connectivity index (χ3n) is 11.3. The summed E-state index contributed by atoms with van der Waals surface area (Å²) in [5.74, 6) is 1.10. The molecule has 2 N–H and O–H groups in total. The number of carbonyl (C=O) groups is 2. The second-order valence-corrected chi connectivity index (χ2v) is 17.5. The Labute approximate surface area is 360 Å². The van der Waals surface area contributed by atoms with E-state index in [1.54, 1.807) is 0 Å². The van der Waals surface area contributed by atoms with E-state index in [9.17, 15) is 19.8 Å². The average molecular weight is 869 g/mol. The average Bonchev–Trinajstić information content (AvgIpc) is 4.17. The van der Waals surface area contributed by atoms with Gasteiger partial charge in [-0.25, -0.2) is 0 Å². The molecular weight excluding hydrogens is 818 g/mol. The maximum absolute atomic E-state index is 13.4. The van der Waals surface area contributed by atoms with E-state index in [0.717, 1.165) is 61.0 Å². The van der Waals surface area contributed by atoms with Gasteiger partial charge in [-0.3, -0.25) is 9.59 Å². The minimum Gasteiger partial charge on any atom is -0.396 e. The van der Waals surface area contributed by atoms with Crippen molar-refractivity contribution in [1.82, 2.24) is 9.80 Å². The van der Waals surface area contributed by atoms with Crippen molar-refractivity contribution >= 4 is 58.2 Å². The lowest BCUT2D eigenvalue weighted by Crippen LogP contribution is -2.51. The molecule has 4 aliphatic rings. The van der Waals surface area contributed by atoms with E-state index in [4.69, 9.17) is 55.9 Å². The molecule has 1 unspecified atom stereocenters. The van der Waals surface area contributed by atoms with Crippen LogP contribution in [0.1, 0.15) is 97.9 Å². The van der Waals surface area contributed by atoms with Gasteiger partial charge in [-0.15, -0.1) is 0 Å². The number of nitrogens with zero attached hydrogens (tertiary/aromatic N) is 2. The fraction of sp³-hybridized carbons (Fsp3) is 0.435. The number of rotatable bonds is 14. The van der Waals surface area contributed by atoms with E-state index >= 15 is 0 Å². The van der Waals surface area contributed by atoms with Gasteiger partial charge in [0.1, 0.15) is 24.4 Å². The molecule has 12 heteroatoms. The minimum atomic E-state index is -0.562. The summed E-state index contributed by atoms with van der Waals surface area (Å²) in [5, 5.41) is 21.1. The highest BCUT2D eigenvalue weighted by Crippen LogP contribution is 2.47. The fourth-order valence-electron chi connectivity index (χ4n) is 8.01. The van der Waals surface area contributed by atoms with Crippen molar-refractivity contribution in [2.24, 2.45) is 11.8 Å². The van der Waals surface area contributed by atoms with E-state index in [1.807, 2.05) is 107 Å². The summed E-state index contributed by atoms with van der Waals surface area (Å²) in [6.45, 7) is 1.53. The van der Waals surface area contributed by atoms with Crippen molar-refractivity contribution in [3.63, 3.8) is 0 Å². The van der Waals surface area contributed by atoms with Crippen LogP contribution in [0, 0.1) is 11.8 Å². The minimum absolute atomic E-state index is 0.00331. The molecule has 4 fully saturated rings. The highest BCUT2D eigenvalue weighted by atomic mass is 35.5. The number of amides is 2. The smallest absolute Gasteiger partial charge is 0.252 e. The first kappa shape index (κ1) is 42.9. The summed E-state index contributed by atoms with van der Waals surface area (Å²) >= 11 is 24.8. The number of ether oxygens (including phenoxy) is 2. The molecule has 2 saturated heterocycles. The zero-order valence-electron chi connectivity index (χ0n) is 32.3. The molecule has 2 saturated carbocycles. The predicted octanol–water partition coefficient (Wildman–Crippen LogP) is 10.4. The highest BCUT2D eigenvalue weighted by Gasteiger charge is 2.47. The maximum atomic E-state index is 13.4. The lowest BCUT2D eigenvalue weighted by atomic mass is 9.90. The zero-order valence-corrected chi connectivity index (χ0v) is 35.3. The number of halogens is 4. The quantitative estimate of drug-likeness (QED) is 0.131. The van der Waals surface area contributed by atoms with E-state index in [-0.39, 0.29) is 49.3 Å². The van der Waals surface area contributed by atoms with Gasteiger partial charge in [0.05, 0.1) is 12.1 Å². The number of morpholine rings is 2. The van der Waals surface area contributed by atoms with Gasteiger partial charge in [0.2, 0.25) is 0 Å². The molecule has 6 atom stereocenters. The Kier molecular flexibility index (Phi) is 14.7. The molecule has 2 heterocycles. The molecular formula is C46H50Cl4N2O6. The lowest BCUT2D eigenvalue weighted by molar-refractivity contribution is -0.176. The summed E-state index contributed by atoms with van der Waals surface area (Å²) in [7, 11) is 0. The van der Waals surface area contributed by atoms with Crippen LogP contribution < -0.4 is 0 Å². The Morgan fingerprint density at radius 1 is 0.517 bits per heavy atom. The van der Waals surface area contributed by atoms with Crippen LogP contribution in [0.2, 0.25) is 20.1 Å². The molecule has 2 amide bonds. The van der Waals surface area contributed by atoms with E-state index in [2.05, 4.69) is 0 Å². The van der Waals surface area contributed by atoms with Crippen LogP contribution in [0.15, 0.2) is 97.1 Å². The molecule has 308 valence electrons. The topological polar surface area (TPSA) is 99.5 Å².